The number of epoxide rings is 1. The van der Waals surface area contributed by atoms with Gasteiger partial charge in [0.05, 0.1) is 5.70 Å². The van der Waals surface area contributed by atoms with Gasteiger partial charge in [0, 0.05) is 25.0 Å². The number of aliphatic hydroxyl groups excluding tert-OH is 1. The summed E-state index contributed by atoms with van der Waals surface area (Å²) < 4.78 is 5.33. The van der Waals surface area contributed by atoms with Crippen LogP contribution in [0.1, 0.15) is 33.1 Å². The maximum absolute atomic E-state index is 12.4. The second kappa shape index (κ2) is 12.9. The van der Waals surface area contributed by atoms with Gasteiger partial charge in [-0.1, -0.05) is 75.0 Å². The third kappa shape index (κ3) is 7.71. The molecule has 1 fully saturated rings. The first kappa shape index (κ1) is 28.5. The molecule has 0 bridgehead atoms. The van der Waals surface area contributed by atoms with Gasteiger partial charge in [0.2, 0.25) is 17.6 Å². The van der Waals surface area contributed by atoms with Crippen LogP contribution in [0, 0.1) is 5.92 Å². The maximum atomic E-state index is 12.4. The lowest BCUT2D eigenvalue weighted by Gasteiger charge is -2.23. The van der Waals surface area contributed by atoms with Crippen molar-refractivity contribution in [2.75, 3.05) is 0 Å². The molecule has 1 heterocycles. The van der Waals surface area contributed by atoms with Crippen molar-refractivity contribution in [3.63, 3.8) is 0 Å². The number of nitrogens with one attached hydrogen (secondary N) is 2. The highest BCUT2D eigenvalue weighted by atomic mass is 16.6. The average molecular weight is 521 g/mol. The molecule has 9 heteroatoms. The molecule has 1 aliphatic heterocycles. The van der Waals surface area contributed by atoms with Gasteiger partial charge in [-0.25, -0.2) is 0 Å². The van der Waals surface area contributed by atoms with Crippen LogP contribution in [0.3, 0.4) is 0 Å². The summed E-state index contributed by atoms with van der Waals surface area (Å²) in [7, 11) is 0. The number of carbonyl (C=O) groups excluding carboxylic acids is 4. The monoisotopic (exact) mass is 520 g/mol. The largest absolute Gasteiger partial charge is 0.510 e. The molecule has 4 atom stereocenters. The van der Waals surface area contributed by atoms with E-state index in [9.17, 15) is 29.4 Å². The minimum atomic E-state index is -1.61. The number of rotatable bonds is 11. The number of Topliss-reactive ketones (excluding diaryl/α,β-unsaturated/α-hetero) is 2. The zero-order chi connectivity index (χ0) is 27.7. The number of ether oxygens (including phenoxy) is 1. The standard InChI is InChI=1S/C29H32N2O7/c1-3-19(2)12-8-4-5-9-13-23(34)30-20-18-29(37,28-27(38-28)26(20)36)17-11-7-6-10-14-24(35)31-25-21(32)15-16-22(25)33/h4-14,17-19,27-28,32,37H,3,15-16H2,1-2H3,(H,30,34)(H,31,35)/b5-4+,7-6+,12-8+,13-9+,14-10+,17-11+/t19?,27-,28-,29+/m1/s1. The molecule has 1 unspecified atom stereocenters. The molecular weight excluding hydrogens is 488 g/mol. The van der Waals surface area contributed by atoms with Gasteiger partial charge in [-0.2, -0.15) is 0 Å². The first-order chi connectivity index (χ1) is 18.1. The second-order valence-electron chi connectivity index (χ2n) is 9.13. The summed E-state index contributed by atoms with van der Waals surface area (Å²) in [6, 6.07) is 0. The molecule has 0 aromatic rings. The average Bonchev–Trinajstić information content (AvgIpc) is 3.65. The second-order valence-corrected chi connectivity index (χ2v) is 9.13. The lowest BCUT2D eigenvalue weighted by atomic mass is 9.88. The summed E-state index contributed by atoms with van der Waals surface area (Å²) >= 11 is 0. The highest BCUT2D eigenvalue weighted by Gasteiger charge is 2.59. The Bertz CT molecular complexity index is 1220. The number of hydrogen-bond donors (Lipinski definition) is 4. The van der Waals surface area contributed by atoms with E-state index in [1.165, 1.54) is 42.5 Å². The number of hydrogen-bond acceptors (Lipinski definition) is 7. The molecule has 0 aromatic carbocycles. The van der Waals surface area contributed by atoms with Gasteiger partial charge in [0.1, 0.15) is 23.2 Å². The first-order valence-corrected chi connectivity index (χ1v) is 12.4. The summed E-state index contributed by atoms with van der Waals surface area (Å²) in [4.78, 5) is 48.2. The number of ketones is 2. The van der Waals surface area contributed by atoms with Crippen molar-refractivity contribution in [3.8, 4) is 0 Å². The van der Waals surface area contributed by atoms with Crippen molar-refractivity contribution in [1.29, 1.82) is 0 Å². The zero-order valence-electron chi connectivity index (χ0n) is 21.3. The first-order valence-electron chi connectivity index (χ1n) is 12.4. The normalized spacial score (nSPS) is 26.4. The van der Waals surface area contributed by atoms with Crippen molar-refractivity contribution in [2.45, 2.75) is 50.9 Å². The third-order valence-electron chi connectivity index (χ3n) is 6.12. The smallest absolute Gasteiger partial charge is 0.248 e. The number of allylic oxidation sites excluding steroid dienone is 11. The lowest BCUT2D eigenvalue weighted by Crippen LogP contribution is -2.42. The predicted octanol–water partition coefficient (Wildman–Crippen LogP) is 2.70. The van der Waals surface area contributed by atoms with Crippen LogP contribution in [0.5, 0.6) is 0 Å². The summed E-state index contributed by atoms with van der Waals surface area (Å²) in [5, 5.41) is 25.4. The van der Waals surface area contributed by atoms with Crippen molar-refractivity contribution in [1.82, 2.24) is 10.6 Å². The number of amides is 2. The van der Waals surface area contributed by atoms with E-state index in [1.807, 2.05) is 6.08 Å². The summed E-state index contributed by atoms with van der Waals surface area (Å²) in [5.74, 6) is -1.46. The van der Waals surface area contributed by atoms with E-state index in [2.05, 4.69) is 30.6 Å². The minimum absolute atomic E-state index is 0.0502. The highest BCUT2D eigenvalue weighted by Crippen LogP contribution is 2.40. The Morgan fingerprint density at radius 2 is 1.66 bits per heavy atom. The number of carbonyl (C=O) groups is 4. The summed E-state index contributed by atoms with van der Waals surface area (Å²) in [6.45, 7) is 4.21. The molecule has 0 aromatic heterocycles. The Morgan fingerprint density at radius 1 is 1.03 bits per heavy atom. The Morgan fingerprint density at radius 3 is 2.29 bits per heavy atom. The molecule has 200 valence electrons. The van der Waals surface area contributed by atoms with Gasteiger partial charge in [-0.3, -0.25) is 19.2 Å². The maximum Gasteiger partial charge on any atom is 0.248 e. The van der Waals surface area contributed by atoms with Crippen LogP contribution < -0.4 is 10.6 Å². The van der Waals surface area contributed by atoms with Gasteiger partial charge in [-0.15, -0.1) is 0 Å². The van der Waals surface area contributed by atoms with Crippen molar-refractivity contribution >= 4 is 23.4 Å². The fourth-order valence-corrected chi connectivity index (χ4v) is 3.71. The van der Waals surface area contributed by atoms with Crippen LogP contribution in [-0.2, 0) is 23.9 Å². The molecule has 0 spiro atoms. The molecule has 38 heavy (non-hydrogen) atoms. The Kier molecular flexibility index (Phi) is 9.70. The SMILES string of the molecule is CCC(C)/C=C/C=C/C=C/C(=O)NC1=C[C@@](O)(/C=C/C=C/C=C/C(=O)NC2=C(O)CCC2=O)[C@@H]2O[C@@H]2C1=O. The van der Waals surface area contributed by atoms with Crippen LogP contribution in [-0.4, -0.2) is 51.4 Å². The number of fused-ring (bicyclic) bond motifs is 1. The van der Waals surface area contributed by atoms with E-state index in [4.69, 9.17) is 4.74 Å². The van der Waals surface area contributed by atoms with Gasteiger partial charge in [0.15, 0.2) is 11.9 Å². The molecule has 3 aliphatic rings. The molecular formula is C29H32N2O7. The third-order valence-corrected chi connectivity index (χ3v) is 6.12. The van der Waals surface area contributed by atoms with Crippen molar-refractivity contribution < 1.29 is 34.1 Å². The summed E-state index contributed by atoms with van der Waals surface area (Å²) in [6.07, 6.45) is 20.0. The van der Waals surface area contributed by atoms with Gasteiger partial charge < -0.3 is 25.6 Å². The van der Waals surface area contributed by atoms with Crippen LogP contribution in [0.15, 0.2) is 96.1 Å². The Hall–Kier alpha value is -4.08. The molecule has 9 nitrogen and oxygen atoms in total. The van der Waals surface area contributed by atoms with E-state index >= 15 is 0 Å². The highest BCUT2D eigenvalue weighted by molar-refractivity contribution is 6.06. The lowest BCUT2D eigenvalue weighted by molar-refractivity contribution is -0.121. The zero-order valence-corrected chi connectivity index (χ0v) is 21.3. The van der Waals surface area contributed by atoms with Crippen LogP contribution in [0.25, 0.3) is 0 Å². The fraction of sp³-hybridized carbons (Fsp3) is 0.310. The van der Waals surface area contributed by atoms with E-state index in [0.717, 1.165) is 6.42 Å². The molecule has 2 aliphatic carbocycles. The van der Waals surface area contributed by atoms with Gasteiger partial charge in [0.25, 0.3) is 0 Å². The molecule has 4 N–H and O–H groups in total. The molecule has 3 rings (SSSR count). The topological polar surface area (TPSA) is 145 Å². The fourth-order valence-electron chi connectivity index (χ4n) is 3.71. The van der Waals surface area contributed by atoms with Crippen LogP contribution >= 0.6 is 0 Å². The van der Waals surface area contributed by atoms with E-state index in [0.29, 0.717) is 5.92 Å². The predicted molar refractivity (Wildman–Crippen MR) is 141 cm³/mol. The van der Waals surface area contributed by atoms with E-state index in [-0.39, 0.29) is 35.8 Å². The molecule has 0 saturated carbocycles. The summed E-state index contributed by atoms with van der Waals surface area (Å²) in [5.41, 5.74) is -1.73. The Labute approximate surface area is 221 Å². The van der Waals surface area contributed by atoms with Crippen LogP contribution in [0.2, 0.25) is 0 Å². The van der Waals surface area contributed by atoms with Crippen molar-refractivity contribution in [2.24, 2.45) is 5.92 Å². The minimum Gasteiger partial charge on any atom is -0.510 e. The quantitative estimate of drug-likeness (QED) is 0.186. The van der Waals surface area contributed by atoms with E-state index < -0.39 is 35.4 Å². The molecule has 2 amide bonds. The van der Waals surface area contributed by atoms with Gasteiger partial charge >= 0.3 is 0 Å². The Balaban J connectivity index is 1.54. The van der Waals surface area contributed by atoms with E-state index in [1.54, 1.807) is 24.3 Å². The molecule has 1 saturated heterocycles. The van der Waals surface area contributed by atoms with Gasteiger partial charge in [-0.05, 0) is 18.1 Å². The number of aliphatic hydroxyl groups is 2. The van der Waals surface area contributed by atoms with Crippen LogP contribution in [0.4, 0.5) is 0 Å². The van der Waals surface area contributed by atoms with Crippen molar-refractivity contribution in [3.05, 3.63) is 96.1 Å². The molecule has 0 radical (unpaired) electrons.